The van der Waals surface area contributed by atoms with E-state index in [0.29, 0.717) is 11.3 Å². The number of para-hydroxylation sites is 1. The Kier molecular flexibility index (Phi) is 6.30. The standard InChI is InChI=1S/C17H14INO5/c1-23-14-5-3-2-4-13(14)16(21)19-15(20)10-24-17(22)11-6-8-12(18)9-7-11/h2-9H,10H2,1H3,(H,19,20,21). The average Bonchev–Trinajstić information content (AvgIpc) is 2.60. The monoisotopic (exact) mass is 439 g/mol. The number of amides is 2. The highest BCUT2D eigenvalue weighted by molar-refractivity contribution is 14.1. The van der Waals surface area contributed by atoms with Crippen molar-refractivity contribution in [2.24, 2.45) is 0 Å². The highest BCUT2D eigenvalue weighted by Crippen LogP contribution is 2.16. The molecule has 0 aromatic heterocycles. The Labute approximate surface area is 152 Å². The van der Waals surface area contributed by atoms with Crippen LogP contribution in [-0.2, 0) is 9.53 Å². The zero-order chi connectivity index (χ0) is 17.5. The van der Waals surface area contributed by atoms with Gasteiger partial charge in [0.25, 0.3) is 11.8 Å². The summed E-state index contributed by atoms with van der Waals surface area (Å²) in [6, 6.07) is 13.2. The molecule has 0 aliphatic rings. The number of rotatable bonds is 5. The van der Waals surface area contributed by atoms with Gasteiger partial charge in [-0.05, 0) is 59.0 Å². The fourth-order valence-corrected chi connectivity index (χ4v) is 2.22. The van der Waals surface area contributed by atoms with Crippen LogP contribution in [0.3, 0.4) is 0 Å². The number of methoxy groups -OCH3 is 1. The van der Waals surface area contributed by atoms with Crippen LogP contribution in [0.5, 0.6) is 5.75 Å². The van der Waals surface area contributed by atoms with Crippen molar-refractivity contribution in [1.82, 2.24) is 5.32 Å². The van der Waals surface area contributed by atoms with E-state index in [1.54, 1.807) is 42.5 Å². The molecule has 0 bridgehead atoms. The Bertz CT molecular complexity index is 758. The third-order valence-corrected chi connectivity index (χ3v) is 3.74. The Morgan fingerprint density at radius 1 is 1.04 bits per heavy atom. The number of halogens is 1. The predicted molar refractivity (Wildman–Crippen MR) is 94.9 cm³/mol. The second-order valence-electron chi connectivity index (χ2n) is 4.66. The van der Waals surface area contributed by atoms with Gasteiger partial charge in [-0.2, -0.15) is 0 Å². The smallest absolute Gasteiger partial charge is 0.338 e. The molecule has 0 unspecified atom stereocenters. The van der Waals surface area contributed by atoms with Gasteiger partial charge in [0.1, 0.15) is 5.75 Å². The summed E-state index contributed by atoms with van der Waals surface area (Å²) < 4.78 is 10.9. The molecule has 1 N–H and O–H groups in total. The molecule has 124 valence electrons. The van der Waals surface area contributed by atoms with Gasteiger partial charge in [-0.1, -0.05) is 12.1 Å². The van der Waals surface area contributed by atoms with Crippen molar-refractivity contribution in [3.8, 4) is 5.75 Å². The molecule has 7 heteroatoms. The number of imide groups is 1. The Morgan fingerprint density at radius 2 is 1.71 bits per heavy atom. The molecule has 0 saturated heterocycles. The van der Waals surface area contributed by atoms with Crippen LogP contribution in [0, 0.1) is 3.57 Å². The van der Waals surface area contributed by atoms with Gasteiger partial charge < -0.3 is 9.47 Å². The van der Waals surface area contributed by atoms with E-state index >= 15 is 0 Å². The quantitative estimate of drug-likeness (QED) is 0.572. The van der Waals surface area contributed by atoms with Gasteiger partial charge in [0.05, 0.1) is 18.2 Å². The van der Waals surface area contributed by atoms with Crippen LogP contribution >= 0.6 is 22.6 Å². The minimum Gasteiger partial charge on any atom is -0.496 e. The van der Waals surface area contributed by atoms with Crippen LogP contribution in [0.2, 0.25) is 0 Å². The van der Waals surface area contributed by atoms with E-state index in [0.717, 1.165) is 3.57 Å². The van der Waals surface area contributed by atoms with Crippen molar-refractivity contribution in [2.75, 3.05) is 13.7 Å². The van der Waals surface area contributed by atoms with E-state index in [9.17, 15) is 14.4 Å². The van der Waals surface area contributed by atoms with Crippen molar-refractivity contribution in [3.05, 3.63) is 63.2 Å². The first-order valence-corrected chi connectivity index (χ1v) is 7.99. The predicted octanol–water partition coefficient (Wildman–Crippen LogP) is 2.41. The van der Waals surface area contributed by atoms with E-state index in [4.69, 9.17) is 9.47 Å². The Morgan fingerprint density at radius 3 is 2.38 bits per heavy atom. The maximum atomic E-state index is 12.0. The molecule has 2 aromatic carbocycles. The van der Waals surface area contributed by atoms with Gasteiger partial charge in [0.15, 0.2) is 6.61 Å². The minimum absolute atomic E-state index is 0.220. The molecule has 0 heterocycles. The minimum atomic E-state index is -0.718. The van der Waals surface area contributed by atoms with Crippen LogP contribution < -0.4 is 10.1 Å². The van der Waals surface area contributed by atoms with Gasteiger partial charge in [-0.3, -0.25) is 14.9 Å². The molecule has 0 atom stereocenters. The van der Waals surface area contributed by atoms with Crippen molar-refractivity contribution in [1.29, 1.82) is 0 Å². The fourth-order valence-electron chi connectivity index (χ4n) is 1.86. The molecule has 24 heavy (non-hydrogen) atoms. The molecular formula is C17H14INO5. The highest BCUT2D eigenvalue weighted by atomic mass is 127. The van der Waals surface area contributed by atoms with Gasteiger partial charge in [0, 0.05) is 3.57 Å². The normalized spacial score (nSPS) is 9.92. The molecule has 0 fully saturated rings. The van der Waals surface area contributed by atoms with Gasteiger partial charge in [0.2, 0.25) is 0 Å². The van der Waals surface area contributed by atoms with Gasteiger partial charge >= 0.3 is 5.97 Å². The highest BCUT2D eigenvalue weighted by Gasteiger charge is 2.16. The van der Waals surface area contributed by atoms with Crippen LogP contribution in [-0.4, -0.2) is 31.5 Å². The largest absolute Gasteiger partial charge is 0.496 e. The SMILES string of the molecule is COc1ccccc1C(=O)NC(=O)COC(=O)c1ccc(I)cc1. The topological polar surface area (TPSA) is 81.7 Å². The number of nitrogens with one attached hydrogen (secondary N) is 1. The lowest BCUT2D eigenvalue weighted by atomic mass is 10.2. The van der Waals surface area contributed by atoms with E-state index < -0.39 is 24.4 Å². The molecule has 0 spiro atoms. The molecule has 0 radical (unpaired) electrons. The number of carbonyl (C=O) groups excluding carboxylic acids is 3. The maximum absolute atomic E-state index is 12.0. The molecule has 6 nitrogen and oxygen atoms in total. The lowest BCUT2D eigenvalue weighted by Crippen LogP contribution is -2.34. The molecule has 0 saturated carbocycles. The summed E-state index contributed by atoms with van der Waals surface area (Å²) in [6.45, 7) is -0.550. The second-order valence-corrected chi connectivity index (χ2v) is 5.91. The van der Waals surface area contributed by atoms with E-state index in [1.807, 2.05) is 0 Å². The first-order chi connectivity index (χ1) is 11.5. The summed E-state index contributed by atoms with van der Waals surface area (Å²) in [6.07, 6.45) is 0. The number of hydrogen-bond donors (Lipinski definition) is 1. The Balaban J connectivity index is 1.90. The van der Waals surface area contributed by atoms with Crippen LogP contribution in [0.25, 0.3) is 0 Å². The molecular weight excluding hydrogens is 425 g/mol. The summed E-state index contributed by atoms with van der Waals surface area (Å²) in [5.74, 6) is -1.63. The van der Waals surface area contributed by atoms with Crippen LogP contribution in [0.4, 0.5) is 0 Å². The number of esters is 1. The van der Waals surface area contributed by atoms with Crippen molar-refractivity contribution >= 4 is 40.4 Å². The number of hydrogen-bond acceptors (Lipinski definition) is 5. The lowest BCUT2D eigenvalue weighted by Gasteiger charge is -2.08. The lowest BCUT2D eigenvalue weighted by molar-refractivity contribution is -0.123. The van der Waals surface area contributed by atoms with Crippen molar-refractivity contribution in [3.63, 3.8) is 0 Å². The zero-order valence-electron chi connectivity index (χ0n) is 12.7. The van der Waals surface area contributed by atoms with Crippen molar-refractivity contribution < 1.29 is 23.9 Å². The first kappa shape index (κ1) is 17.9. The third kappa shape index (κ3) is 4.79. The zero-order valence-corrected chi connectivity index (χ0v) is 14.9. The first-order valence-electron chi connectivity index (χ1n) is 6.91. The van der Waals surface area contributed by atoms with Gasteiger partial charge in [-0.25, -0.2) is 4.79 Å². The Hall–Kier alpha value is -2.42. The molecule has 2 amide bonds. The number of benzene rings is 2. The summed E-state index contributed by atoms with van der Waals surface area (Å²) in [5.41, 5.74) is 0.552. The summed E-state index contributed by atoms with van der Waals surface area (Å²) >= 11 is 2.11. The summed E-state index contributed by atoms with van der Waals surface area (Å²) in [4.78, 5) is 35.6. The molecule has 0 aliphatic heterocycles. The summed E-state index contributed by atoms with van der Waals surface area (Å²) in [5, 5.41) is 2.15. The molecule has 0 aliphatic carbocycles. The van der Waals surface area contributed by atoms with Gasteiger partial charge in [-0.15, -0.1) is 0 Å². The number of ether oxygens (including phenoxy) is 2. The van der Waals surface area contributed by atoms with E-state index in [1.165, 1.54) is 13.2 Å². The summed E-state index contributed by atoms with van der Waals surface area (Å²) in [7, 11) is 1.43. The fraction of sp³-hybridized carbons (Fsp3) is 0.118. The van der Waals surface area contributed by atoms with E-state index in [-0.39, 0.29) is 5.56 Å². The van der Waals surface area contributed by atoms with E-state index in [2.05, 4.69) is 27.9 Å². The average molecular weight is 439 g/mol. The maximum Gasteiger partial charge on any atom is 0.338 e. The third-order valence-electron chi connectivity index (χ3n) is 3.02. The molecule has 2 rings (SSSR count). The van der Waals surface area contributed by atoms with Crippen LogP contribution in [0.1, 0.15) is 20.7 Å². The molecule has 2 aromatic rings. The van der Waals surface area contributed by atoms with Crippen LogP contribution in [0.15, 0.2) is 48.5 Å². The number of carbonyl (C=O) groups is 3. The van der Waals surface area contributed by atoms with Crippen molar-refractivity contribution in [2.45, 2.75) is 0 Å². The second kappa shape index (κ2) is 8.44.